The molecule has 0 unspecified atom stereocenters. The molecule has 0 spiro atoms. The van der Waals surface area contributed by atoms with Crippen LogP contribution in [0.2, 0.25) is 0 Å². The Labute approximate surface area is 91.7 Å². The van der Waals surface area contributed by atoms with Gasteiger partial charge in [-0.2, -0.15) is 0 Å². The van der Waals surface area contributed by atoms with E-state index in [4.69, 9.17) is 4.74 Å². The minimum atomic E-state index is -0.306. The second-order valence-electron chi connectivity index (χ2n) is 2.94. The zero-order valence-electron chi connectivity index (χ0n) is 7.92. The van der Waals surface area contributed by atoms with Crippen molar-refractivity contribution in [2.75, 3.05) is 0 Å². The standard InChI is InChI=1S/C11H11BrO2/c1-8(12)6-10-4-3-5-11(7-10)14-9(2)13/h3-5,7H,1,6H2,2H3. The molecule has 0 atom stereocenters. The lowest BCUT2D eigenvalue weighted by atomic mass is 10.1. The smallest absolute Gasteiger partial charge is 0.308 e. The van der Waals surface area contributed by atoms with Gasteiger partial charge in [0.25, 0.3) is 0 Å². The average Bonchev–Trinajstić information content (AvgIpc) is 2.01. The third kappa shape index (κ3) is 3.75. The summed E-state index contributed by atoms with van der Waals surface area (Å²) in [5.74, 6) is 0.267. The molecular formula is C11H11BrO2. The highest BCUT2D eigenvalue weighted by Gasteiger charge is 2.00. The Morgan fingerprint density at radius 1 is 1.57 bits per heavy atom. The Morgan fingerprint density at radius 3 is 2.86 bits per heavy atom. The predicted octanol–water partition coefficient (Wildman–Crippen LogP) is 3.06. The average molecular weight is 255 g/mol. The van der Waals surface area contributed by atoms with Crippen molar-refractivity contribution in [3.8, 4) is 5.75 Å². The van der Waals surface area contributed by atoms with Crippen LogP contribution in [0.3, 0.4) is 0 Å². The van der Waals surface area contributed by atoms with Crippen molar-refractivity contribution >= 4 is 21.9 Å². The van der Waals surface area contributed by atoms with Crippen molar-refractivity contribution in [1.29, 1.82) is 0 Å². The molecule has 0 aliphatic rings. The van der Waals surface area contributed by atoms with E-state index in [1.165, 1.54) is 6.92 Å². The van der Waals surface area contributed by atoms with E-state index in [9.17, 15) is 4.79 Å². The second-order valence-corrected chi connectivity index (χ2v) is 4.06. The number of hydrogen-bond acceptors (Lipinski definition) is 2. The van der Waals surface area contributed by atoms with Crippen molar-refractivity contribution < 1.29 is 9.53 Å². The summed E-state index contributed by atoms with van der Waals surface area (Å²) >= 11 is 3.28. The largest absolute Gasteiger partial charge is 0.427 e. The van der Waals surface area contributed by atoms with E-state index >= 15 is 0 Å². The van der Waals surface area contributed by atoms with Gasteiger partial charge in [0.15, 0.2) is 0 Å². The van der Waals surface area contributed by atoms with Crippen LogP contribution in [0.15, 0.2) is 35.3 Å². The van der Waals surface area contributed by atoms with Gasteiger partial charge in [0, 0.05) is 13.3 Å². The lowest BCUT2D eigenvalue weighted by Crippen LogP contribution is -2.01. The second kappa shape index (κ2) is 4.96. The van der Waals surface area contributed by atoms with Crippen LogP contribution in [0.4, 0.5) is 0 Å². The first-order valence-electron chi connectivity index (χ1n) is 4.18. The summed E-state index contributed by atoms with van der Waals surface area (Å²) in [7, 11) is 0. The summed E-state index contributed by atoms with van der Waals surface area (Å²) in [6.45, 7) is 5.13. The quantitative estimate of drug-likeness (QED) is 0.612. The third-order valence-electron chi connectivity index (χ3n) is 1.56. The van der Waals surface area contributed by atoms with Crippen LogP contribution < -0.4 is 4.74 Å². The van der Waals surface area contributed by atoms with Gasteiger partial charge >= 0.3 is 5.97 Å². The van der Waals surface area contributed by atoms with Crippen molar-refractivity contribution in [2.45, 2.75) is 13.3 Å². The Kier molecular flexibility index (Phi) is 3.89. The fourth-order valence-corrected chi connectivity index (χ4v) is 1.43. The number of hydrogen-bond donors (Lipinski definition) is 0. The molecule has 74 valence electrons. The zero-order chi connectivity index (χ0) is 10.6. The monoisotopic (exact) mass is 254 g/mol. The van der Waals surface area contributed by atoms with E-state index in [0.29, 0.717) is 5.75 Å². The fourth-order valence-electron chi connectivity index (χ4n) is 1.11. The molecule has 0 bridgehead atoms. The number of allylic oxidation sites excluding steroid dienone is 1. The van der Waals surface area contributed by atoms with Crippen LogP contribution in [0, 0.1) is 0 Å². The molecule has 1 aromatic rings. The maximum absolute atomic E-state index is 10.7. The topological polar surface area (TPSA) is 26.3 Å². The third-order valence-corrected chi connectivity index (χ3v) is 1.84. The van der Waals surface area contributed by atoms with Gasteiger partial charge in [0.1, 0.15) is 5.75 Å². The minimum Gasteiger partial charge on any atom is -0.427 e. The molecule has 0 heterocycles. The van der Waals surface area contributed by atoms with E-state index in [0.717, 1.165) is 16.5 Å². The van der Waals surface area contributed by atoms with Crippen molar-refractivity contribution in [3.63, 3.8) is 0 Å². The number of carbonyl (C=O) groups excluding carboxylic acids is 1. The van der Waals surface area contributed by atoms with E-state index in [1.807, 2.05) is 18.2 Å². The van der Waals surface area contributed by atoms with E-state index in [2.05, 4.69) is 22.5 Å². The first-order valence-corrected chi connectivity index (χ1v) is 4.98. The summed E-state index contributed by atoms with van der Waals surface area (Å²) in [6.07, 6.45) is 0.731. The van der Waals surface area contributed by atoms with Gasteiger partial charge in [-0.1, -0.05) is 34.6 Å². The fraction of sp³-hybridized carbons (Fsp3) is 0.182. The van der Waals surface area contributed by atoms with Crippen LogP contribution in [0.25, 0.3) is 0 Å². The molecule has 0 fully saturated rings. The summed E-state index contributed by atoms with van der Waals surface area (Å²) in [5, 5.41) is 0. The Balaban J connectivity index is 2.78. The zero-order valence-corrected chi connectivity index (χ0v) is 9.50. The van der Waals surface area contributed by atoms with Gasteiger partial charge in [-0.25, -0.2) is 0 Å². The Bertz CT molecular complexity index is 327. The summed E-state index contributed by atoms with van der Waals surface area (Å²) < 4.78 is 5.85. The molecule has 1 rings (SSSR count). The molecule has 0 saturated carbocycles. The van der Waals surface area contributed by atoms with Gasteiger partial charge in [-0.15, -0.1) is 0 Å². The van der Waals surface area contributed by atoms with Gasteiger partial charge in [-0.05, 0) is 22.2 Å². The number of rotatable bonds is 3. The molecule has 0 amide bonds. The van der Waals surface area contributed by atoms with Crippen LogP contribution in [0.1, 0.15) is 12.5 Å². The van der Waals surface area contributed by atoms with Crippen LogP contribution in [-0.2, 0) is 11.2 Å². The summed E-state index contributed by atoms with van der Waals surface area (Å²) in [5.41, 5.74) is 1.06. The molecule has 0 radical (unpaired) electrons. The first kappa shape index (κ1) is 11.0. The van der Waals surface area contributed by atoms with Crippen molar-refractivity contribution in [1.82, 2.24) is 0 Å². The lowest BCUT2D eigenvalue weighted by Gasteiger charge is -2.03. The highest BCUT2D eigenvalue weighted by atomic mass is 79.9. The minimum absolute atomic E-state index is 0.306. The Morgan fingerprint density at radius 2 is 2.29 bits per heavy atom. The summed E-state index contributed by atoms with van der Waals surface area (Å²) in [4.78, 5) is 10.7. The number of benzene rings is 1. The predicted molar refractivity (Wildman–Crippen MR) is 59.5 cm³/mol. The maximum atomic E-state index is 10.7. The highest BCUT2D eigenvalue weighted by Crippen LogP contribution is 2.17. The normalized spacial score (nSPS) is 9.57. The highest BCUT2D eigenvalue weighted by molar-refractivity contribution is 9.11. The molecule has 0 aromatic heterocycles. The van der Waals surface area contributed by atoms with Gasteiger partial charge < -0.3 is 4.74 Å². The first-order chi connectivity index (χ1) is 6.58. The van der Waals surface area contributed by atoms with E-state index in [1.54, 1.807) is 6.07 Å². The molecule has 3 heteroatoms. The maximum Gasteiger partial charge on any atom is 0.308 e. The molecule has 14 heavy (non-hydrogen) atoms. The van der Waals surface area contributed by atoms with Gasteiger partial charge in [0.05, 0.1) is 0 Å². The molecular weight excluding hydrogens is 244 g/mol. The Hall–Kier alpha value is -1.09. The molecule has 1 aromatic carbocycles. The van der Waals surface area contributed by atoms with Gasteiger partial charge in [-0.3, -0.25) is 4.79 Å². The van der Waals surface area contributed by atoms with E-state index < -0.39 is 0 Å². The van der Waals surface area contributed by atoms with Crippen LogP contribution >= 0.6 is 15.9 Å². The number of halogens is 1. The number of esters is 1. The number of carbonyl (C=O) groups is 1. The summed E-state index contributed by atoms with van der Waals surface area (Å²) in [6, 6.07) is 7.39. The van der Waals surface area contributed by atoms with E-state index in [-0.39, 0.29) is 5.97 Å². The van der Waals surface area contributed by atoms with Crippen molar-refractivity contribution in [3.05, 3.63) is 40.9 Å². The van der Waals surface area contributed by atoms with Crippen LogP contribution in [-0.4, -0.2) is 5.97 Å². The molecule has 0 N–H and O–H groups in total. The SMILES string of the molecule is C=C(Br)Cc1cccc(OC(C)=O)c1. The number of ether oxygens (including phenoxy) is 1. The molecule has 0 saturated heterocycles. The molecule has 2 nitrogen and oxygen atoms in total. The van der Waals surface area contributed by atoms with Crippen molar-refractivity contribution in [2.24, 2.45) is 0 Å². The molecule has 0 aliphatic carbocycles. The van der Waals surface area contributed by atoms with Crippen LogP contribution in [0.5, 0.6) is 5.75 Å². The molecule has 0 aliphatic heterocycles. The van der Waals surface area contributed by atoms with Gasteiger partial charge in [0.2, 0.25) is 0 Å². The lowest BCUT2D eigenvalue weighted by molar-refractivity contribution is -0.131.